The monoisotopic (exact) mass is 342 g/mol. The molecule has 1 aliphatic heterocycles. The first-order chi connectivity index (χ1) is 11.9. The van der Waals surface area contributed by atoms with Crippen LogP contribution < -0.4 is 5.32 Å². The number of ether oxygens (including phenoxy) is 1. The van der Waals surface area contributed by atoms with E-state index in [9.17, 15) is 4.79 Å². The van der Waals surface area contributed by atoms with E-state index in [0.29, 0.717) is 13.1 Å². The van der Waals surface area contributed by atoms with Gasteiger partial charge in [0.25, 0.3) is 0 Å². The molecule has 25 heavy (non-hydrogen) atoms. The van der Waals surface area contributed by atoms with Crippen LogP contribution in [0.5, 0.6) is 0 Å². The van der Waals surface area contributed by atoms with Crippen LogP contribution >= 0.6 is 0 Å². The molecule has 6 heteroatoms. The lowest BCUT2D eigenvalue weighted by molar-refractivity contribution is 0.0290. The Balaban J connectivity index is 1.67. The third-order valence-corrected chi connectivity index (χ3v) is 4.17. The molecule has 1 aliphatic rings. The maximum absolute atomic E-state index is 12.2. The number of amides is 1. The van der Waals surface area contributed by atoms with Crippen LogP contribution in [0.4, 0.5) is 4.79 Å². The minimum Gasteiger partial charge on any atom is -0.444 e. The fourth-order valence-electron chi connectivity index (χ4n) is 3.04. The third kappa shape index (κ3) is 4.60. The second-order valence-electron chi connectivity index (χ2n) is 7.40. The molecule has 0 radical (unpaired) electrons. The summed E-state index contributed by atoms with van der Waals surface area (Å²) in [6, 6.07) is 10.4. The summed E-state index contributed by atoms with van der Waals surface area (Å²) >= 11 is 0. The van der Waals surface area contributed by atoms with E-state index in [1.165, 1.54) is 0 Å². The maximum Gasteiger partial charge on any atom is 0.410 e. The zero-order valence-corrected chi connectivity index (χ0v) is 15.0. The van der Waals surface area contributed by atoms with Crippen molar-refractivity contribution in [3.8, 4) is 0 Å². The summed E-state index contributed by atoms with van der Waals surface area (Å²) in [6.07, 6.45) is 4.23. The van der Waals surface area contributed by atoms with Gasteiger partial charge in [-0.05, 0) is 32.8 Å². The Labute approximate surface area is 148 Å². The fourth-order valence-corrected chi connectivity index (χ4v) is 3.04. The van der Waals surface area contributed by atoms with Gasteiger partial charge in [-0.2, -0.15) is 0 Å². The van der Waals surface area contributed by atoms with Crippen molar-refractivity contribution >= 4 is 6.09 Å². The van der Waals surface area contributed by atoms with Gasteiger partial charge in [-0.3, -0.25) is 5.32 Å². The number of aromatic amines is 1. The molecule has 2 N–H and O–H groups in total. The molecule has 1 amide bonds. The van der Waals surface area contributed by atoms with Crippen molar-refractivity contribution in [2.75, 3.05) is 13.1 Å². The van der Waals surface area contributed by atoms with Crippen LogP contribution in [0, 0.1) is 0 Å². The molecule has 0 spiro atoms. The molecule has 0 aliphatic carbocycles. The molecule has 2 atom stereocenters. The summed E-state index contributed by atoms with van der Waals surface area (Å²) in [5.41, 5.74) is 0.678. The van der Waals surface area contributed by atoms with Crippen LogP contribution in [-0.4, -0.2) is 45.7 Å². The second kappa shape index (κ2) is 7.27. The summed E-state index contributed by atoms with van der Waals surface area (Å²) < 4.78 is 5.47. The average Bonchev–Trinajstić information content (AvgIpc) is 3.23. The molecule has 0 saturated carbocycles. The molecule has 1 fully saturated rings. The Hall–Kier alpha value is -2.34. The highest BCUT2D eigenvalue weighted by Crippen LogP contribution is 2.22. The number of imidazole rings is 1. The zero-order chi connectivity index (χ0) is 17.9. The van der Waals surface area contributed by atoms with Crippen molar-refractivity contribution in [2.24, 2.45) is 0 Å². The number of nitrogens with zero attached hydrogens (tertiary/aromatic N) is 2. The van der Waals surface area contributed by atoms with Crippen LogP contribution in [0.15, 0.2) is 42.7 Å². The van der Waals surface area contributed by atoms with Crippen LogP contribution in [-0.2, 0) is 4.74 Å². The minimum atomic E-state index is -0.469. The molecular weight excluding hydrogens is 316 g/mol. The van der Waals surface area contributed by atoms with Crippen molar-refractivity contribution < 1.29 is 9.53 Å². The number of carbonyl (C=O) groups is 1. The van der Waals surface area contributed by atoms with Crippen molar-refractivity contribution in [1.82, 2.24) is 20.2 Å². The highest BCUT2D eigenvalue weighted by atomic mass is 16.6. The number of likely N-dealkylation sites (tertiary alicyclic amines) is 1. The predicted octanol–water partition coefficient (Wildman–Crippen LogP) is 3.10. The number of hydrogen-bond donors (Lipinski definition) is 2. The molecule has 1 saturated heterocycles. The molecular formula is C19H26N4O2. The number of rotatable bonds is 4. The van der Waals surface area contributed by atoms with E-state index in [2.05, 4.69) is 27.4 Å². The van der Waals surface area contributed by atoms with Gasteiger partial charge in [-0.25, -0.2) is 9.78 Å². The number of H-pyrrole nitrogens is 1. The van der Waals surface area contributed by atoms with Gasteiger partial charge < -0.3 is 14.6 Å². The molecule has 3 rings (SSSR count). The SMILES string of the molecule is CC(C)(C)OC(=O)N1CC[C@@H](N[C@H](c2ccccc2)c2ncc[nH]2)C1. The zero-order valence-electron chi connectivity index (χ0n) is 15.0. The summed E-state index contributed by atoms with van der Waals surface area (Å²) in [4.78, 5) is 21.6. The summed E-state index contributed by atoms with van der Waals surface area (Å²) in [6.45, 7) is 7.00. The Morgan fingerprint density at radius 3 is 2.76 bits per heavy atom. The maximum atomic E-state index is 12.2. The van der Waals surface area contributed by atoms with E-state index in [1.807, 2.05) is 45.2 Å². The third-order valence-electron chi connectivity index (χ3n) is 4.17. The molecule has 0 bridgehead atoms. The normalized spacial score (nSPS) is 19.0. The quantitative estimate of drug-likeness (QED) is 0.896. The molecule has 1 aromatic carbocycles. The largest absolute Gasteiger partial charge is 0.444 e. The van der Waals surface area contributed by atoms with E-state index >= 15 is 0 Å². The van der Waals surface area contributed by atoms with Gasteiger partial charge in [0.05, 0.1) is 6.04 Å². The number of aromatic nitrogens is 2. The molecule has 1 aromatic heterocycles. The average molecular weight is 342 g/mol. The van der Waals surface area contributed by atoms with E-state index < -0.39 is 5.60 Å². The van der Waals surface area contributed by atoms with Gasteiger partial charge in [0.1, 0.15) is 11.4 Å². The molecule has 2 aromatic rings. The van der Waals surface area contributed by atoms with Crippen LogP contribution in [0.2, 0.25) is 0 Å². The van der Waals surface area contributed by atoms with Gasteiger partial charge in [0, 0.05) is 31.5 Å². The van der Waals surface area contributed by atoms with E-state index in [0.717, 1.165) is 17.8 Å². The van der Waals surface area contributed by atoms with E-state index in [-0.39, 0.29) is 18.2 Å². The highest BCUT2D eigenvalue weighted by Gasteiger charge is 2.31. The van der Waals surface area contributed by atoms with Gasteiger partial charge in [-0.15, -0.1) is 0 Å². The summed E-state index contributed by atoms with van der Waals surface area (Å²) in [5.74, 6) is 0.877. The Morgan fingerprint density at radius 2 is 2.12 bits per heavy atom. The predicted molar refractivity (Wildman–Crippen MR) is 96.2 cm³/mol. The van der Waals surface area contributed by atoms with E-state index in [1.54, 1.807) is 11.1 Å². The van der Waals surface area contributed by atoms with Crippen molar-refractivity contribution in [3.63, 3.8) is 0 Å². The standard InChI is InChI=1S/C19H26N4O2/c1-19(2,3)25-18(24)23-12-9-15(13-23)22-16(17-20-10-11-21-17)14-7-5-4-6-8-14/h4-8,10-11,15-16,22H,9,12-13H2,1-3H3,(H,20,21)/t15-,16-/m1/s1. The number of benzene rings is 1. The Kier molecular flexibility index (Phi) is 5.08. The van der Waals surface area contributed by atoms with Crippen LogP contribution in [0.3, 0.4) is 0 Å². The first-order valence-corrected chi connectivity index (χ1v) is 8.70. The van der Waals surface area contributed by atoms with Crippen LogP contribution in [0.25, 0.3) is 0 Å². The van der Waals surface area contributed by atoms with Gasteiger partial charge in [-0.1, -0.05) is 30.3 Å². The lowest BCUT2D eigenvalue weighted by Gasteiger charge is -2.25. The molecule has 0 unspecified atom stereocenters. The lowest BCUT2D eigenvalue weighted by Crippen LogP contribution is -2.39. The van der Waals surface area contributed by atoms with Crippen molar-refractivity contribution in [3.05, 3.63) is 54.1 Å². The molecule has 2 heterocycles. The van der Waals surface area contributed by atoms with Crippen molar-refractivity contribution in [1.29, 1.82) is 0 Å². The summed E-state index contributed by atoms with van der Waals surface area (Å²) in [5, 5.41) is 3.64. The lowest BCUT2D eigenvalue weighted by atomic mass is 10.0. The highest BCUT2D eigenvalue weighted by molar-refractivity contribution is 5.68. The second-order valence-corrected chi connectivity index (χ2v) is 7.40. The summed E-state index contributed by atoms with van der Waals surface area (Å²) in [7, 11) is 0. The first-order valence-electron chi connectivity index (χ1n) is 8.70. The number of nitrogens with one attached hydrogen (secondary N) is 2. The topological polar surface area (TPSA) is 70.2 Å². The van der Waals surface area contributed by atoms with Gasteiger partial charge in [0.2, 0.25) is 0 Å². The van der Waals surface area contributed by atoms with Crippen molar-refractivity contribution in [2.45, 2.75) is 44.9 Å². The van der Waals surface area contributed by atoms with Crippen LogP contribution in [0.1, 0.15) is 44.6 Å². The van der Waals surface area contributed by atoms with Gasteiger partial charge >= 0.3 is 6.09 Å². The molecule has 6 nitrogen and oxygen atoms in total. The smallest absolute Gasteiger partial charge is 0.410 e. The number of hydrogen-bond acceptors (Lipinski definition) is 4. The minimum absolute atomic E-state index is 0.0280. The van der Waals surface area contributed by atoms with Gasteiger partial charge in [0.15, 0.2) is 0 Å². The number of carbonyl (C=O) groups excluding carboxylic acids is 1. The van der Waals surface area contributed by atoms with E-state index in [4.69, 9.17) is 4.74 Å². The Bertz CT molecular complexity index is 679. The fraction of sp³-hybridized carbons (Fsp3) is 0.474. The Morgan fingerprint density at radius 1 is 1.36 bits per heavy atom. The molecule has 134 valence electrons. The first kappa shape index (κ1) is 17.5.